The van der Waals surface area contributed by atoms with Gasteiger partial charge in [0.2, 0.25) is 0 Å². The van der Waals surface area contributed by atoms with Crippen LogP contribution in [0.3, 0.4) is 0 Å². The Labute approximate surface area is 210 Å². The Balaban J connectivity index is 1.28. The molecular formula is C29H29N3O4. The van der Waals surface area contributed by atoms with E-state index in [0.29, 0.717) is 35.8 Å². The van der Waals surface area contributed by atoms with Gasteiger partial charge in [-0.15, -0.1) is 0 Å². The Morgan fingerprint density at radius 3 is 2.56 bits per heavy atom. The molecule has 36 heavy (non-hydrogen) atoms. The van der Waals surface area contributed by atoms with Crippen molar-refractivity contribution in [3.8, 4) is 11.5 Å². The van der Waals surface area contributed by atoms with Gasteiger partial charge < -0.3 is 24.6 Å². The highest BCUT2D eigenvalue weighted by Crippen LogP contribution is 2.34. The van der Waals surface area contributed by atoms with E-state index < -0.39 is 0 Å². The number of anilines is 2. The summed E-state index contributed by atoms with van der Waals surface area (Å²) >= 11 is 0. The minimum Gasteiger partial charge on any atom is -0.496 e. The number of carbonyl (C=O) groups is 2. The summed E-state index contributed by atoms with van der Waals surface area (Å²) in [6.45, 7) is 7.04. The molecule has 0 atom stereocenters. The Morgan fingerprint density at radius 1 is 1.00 bits per heavy atom. The maximum atomic E-state index is 13.2. The second kappa shape index (κ2) is 9.77. The number of hydrogen-bond donors (Lipinski definition) is 1. The third kappa shape index (κ3) is 4.64. The number of ether oxygens (including phenoxy) is 2. The zero-order valence-electron chi connectivity index (χ0n) is 20.7. The molecule has 2 aliphatic heterocycles. The zero-order valence-corrected chi connectivity index (χ0v) is 20.7. The second-order valence-electron chi connectivity index (χ2n) is 9.09. The molecule has 7 nitrogen and oxygen atoms in total. The number of piperazine rings is 1. The van der Waals surface area contributed by atoms with Crippen molar-refractivity contribution in [3.63, 3.8) is 0 Å². The Bertz CT molecular complexity index is 1360. The van der Waals surface area contributed by atoms with Crippen LogP contribution in [-0.4, -0.2) is 50.0 Å². The predicted molar refractivity (Wildman–Crippen MR) is 141 cm³/mol. The molecule has 0 unspecified atom stereocenters. The van der Waals surface area contributed by atoms with Crippen LogP contribution >= 0.6 is 0 Å². The maximum Gasteiger partial charge on any atom is 0.291 e. The third-order valence-corrected chi connectivity index (χ3v) is 6.62. The second-order valence-corrected chi connectivity index (χ2v) is 9.09. The first-order valence-electron chi connectivity index (χ1n) is 12.0. The standard InChI is InChI=1S/C29H29N3O4/c1-19-8-9-20(2)24(16-19)31-12-14-32(15-13-31)29(34)22-10-11-26-23(17-22)30-28(33)27(36-26)18-21-6-4-5-7-25(21)35-3/h4-11,16-18H,12-15H2,1-3H3,(H,30,33). The molecule has 3 aromatic rings. The molecule has 0 saturated carbocycles. The van der Waals surface area contributed by atoms with Gasteiger partial charge in [-0.3, -0.25) is 9.59 Å². The van der Waals surface area contributed by atoms with Crippen LogP contribution in [0.15, 0.2) is 66.4 Å². The van der Waals surface area contributed by atoms with Gasteiger partial charge in [-0.05, 0) is 61.4 Å². The SMILES string of the molecule is COc1ccccc1C=C1Oc2ccc(C(=O)N3CCN(c4cc(C)ccc4C)CC3)cc2NC1=O. The molecule has 184 valence electrons. The highest BCUT2D eigenvalue weighted by atomic mass is 16.5. The fourth-order valence-corrected chi connectivity index (χ4v) is 4.61. The fourth-order valence-electron chi connectivity index (χ4n) is 4.61. The molecule has 1 fully saturated rings. The lowest BCUT2D eigenvalue weighted by Gasteiger charge is -2.37. The van der Waals surface area contributed by atoms with Gasteiger partial charge in [0.15, 0.2) is 11.5 Å². The molecular weight excluding hydrogens is 454 g/mol. The summed E-state index contributed by atoms with van der Waals surface area (Å²) in [6.07, 6.45) is 1.64. The van der Waals surface area contributed by atoms with E-state index in [9.17, 15) is 9.59 Å². The summed E-state index contributed by atoms with van der Waals surface area (Å²) in [7, 11) is 1.58. The molecule has 0 spiro atoms. The van der Waals surface area contributed by atoms with Crippen molar-refractivity contribution in [3.05, 3.63) is 88.7 Å². The predicted octanol–water partition coefficient (Wildman–Crippen LogP) is 4.65. The molecule has 2 aliphatic rings. The van der Waals surface area contributed by atoms with Gasteiger partial charge in [0, 0.05) is 43.0 Å². The van der Waals surface area contributed by atoms with Crippen molar-refractivity contribution in [2.45, 2.75) is 13.8 Å². The van der Waals surface area contributed by atoms with Crippen molar-refractivity contribution >= 4 is 29.3 Å². The summed E-state index contributed by atoms with van der Waals surface area (Å²) in [5, 5.41) is 2.85. The number of methoxy groups -OCH3 is 1. The molecule has 0 aromatic heterocycles. The van der Waals surface area contributed by atoms with E-state index >= 15 is 0 Å². The molecule has 2 heterocycles. The van der Waals surface area contributed by atoms with E-state index in [1.807, 2.05) is 29.2 Å². The number of rotatable bonds is 4. The van der Waals surface area contributed by atoms with Crippen molar-refractivity contribution in [2.24, 2.45) is 0 Å². The van der Waals surface area contributed by atoms with Gasteiger partial charge in [0.1, 0.15) is 5.75 Å². The molecule has 0 aliphatic carbocycles. The fraction of sp³-hybridized carbons (Fsp3) is 0.241. The van der Waals surface area contributed by atoms with E-state index in [2.05, 4.69) is 42.3 Å². The number of nitrogens with one attached hydrogen (secondary N) is 1. The molecule has 1 saturated heterocycles. The monoisotopic (exact) mass is 483 g/mol. The zero-order chi connectivity index (χ0) is 25.2. The van der Waals surface area contributed by atoms with Crippen LogP contribution < -0.4 is 19.7 Å². The average Bonchev–Trinajstić information content (AvgIpc) is 2.90. The highest BCUT2D eigenvalue weighted by Gasteiger charge is 2.27. The minimum absolute atomic E-state index is 0.0528. The van der Waals surface area contributed by atoms with Crippen LogP contribution in [0.2, 0.25) is 0 Å². The number of amides is 2. The first kappa shape index (κ1) is 23.5. The van der Waals surface area contributed by atoms with Gasteiger partial charge in [-0.2, -0.15) is 0 Å². The minimum atomic E-state index is -0.375. The van der Waals surface area contributed by atoms with E-state index in [0.717, 1.165) is 18.7 Å². The number of hydrogen-bond acceptors (Lipinski definition) is 5. The quantitative estimate of drug-likeness (QED) is 0.547. The van der Waals surface area contributed by atoms with Gasteiger partial charge >= 0.3 is 0 Å². The smallest absolute Gasteiger partial charge is 0.291 e. The summed E-state index contributed by atoms with van der Waals surface area (Å²) in [5.41, 5.74) is 5.44. The topological polar surface area (TPSA) is 71.1 Å². The summed E-state index contributed by atoms with van der Waals surface area (Å²) in [5.74, 6) is 0.870. The summed E-state index contributed by atoms with van der Waals surface area (Å²) < 4.78 is 11.2. The first-order chi connectivity index (χ1) is 17.4. The van der Waals surface area contributed by atoms with Crippen molar-refractivity contribution in [1.29, 1.82) is 0 Å². The number of para-hydroxylation sites is 1. The van der Waals surface area contributed by atoms with Gasteiger partial charge in [0.25, 0.3) is 11.8 Å². The van der Waals surface area contributed by atoms with Crippen LogP contribution in [-0.2, 0) is 4.79 Å². The Kier molecular flexibility index (Phi) is 6.38. The molecule has 3 aromatic carbocycles. The number of aryl methyl sites for hydroxylation is 2. The largest absolute Gasteiger partial charge is 0.496 e. The lowest BCUT2D eigenvalue weighted by Crippen LogP contribution is -2.49. The van der Waals surface area contributed by atoms with Crippen molar-refractivity contribution in [1.82, 2.24) is 4.90 Å². The summed E-state index contributed by atoms with van der Waals surface area (Å²) in [6, 6.07) is 19.0. The van der Waals surface area contributed by atoms with Crippen LogP contribution in [0, 0.1) is 13.8 Å². The molecule has 1 N–H and O–H groups in total. The van der Waals surface area contributed by atoms with E-state index in [1.165, 1.54) is 16.8 Å². The van der Waals surface area contributed by atoms with Gasteiger partial charge in [-0.1, -0.05) is 30.3 Å². The average molecular weight is 484 g/mol. The van der Waals surface area contributed by atoms with Crippen LogP contribution in [0.1, 0.15) is 27.0 Å². The van der Waals surface area contributed by atoms with E-state index in [4.69, 9.17) is 9.47 Å². The number of fused-ring (bicyclic) bond motifs is 1. The van der Waals surface area contributed by atoms with Gasteiger partial charge in [0.05, 0.1) is 12.8 Å². The molecule has 0 bridgehead atoms. The van der Waals surface area contributed by atoms with Crippen LogP contribution in [0.4, 0.5) is 11.4 Å². The van der Waals surface area contributed by atoms with E-state index in [1.54, 1.807) is 31.4 Å². The van der Waals surface area contributed by atoms with Crippen molar-refractivity contribution < 1.29 is 19.1 Å². The van der Waals surface area contributed by atoms with E-state index in [-0.39, 0.29) is 17.6 Å². The lowest BCUT2D eigenvalue weighted by atomic mass is 10.1. The number of benzene rings is 3. The third-order valence-electron chi connectivity index (χ3n) is 6.62. The molecule has 2 amide bonds. The molecule has 7 heteroatoms. The Hall–Kier alpha value is -4.26. The maximum absolute atomic E-state index is 13.2. The normalized spacial score (nSPS) is 16.3. The summed E-state index contributed by atoms with van der Waals surface area (Å²) in [4.78, 5) is 30.2. The lowest BCUT2D eigenvalue weighted by molar-refractivity contribution is -0.115. The van der Waals surface area contributed by atoms with Gasteiger partial charge in [-0.25, -0.2) is 0 Å². The highest BCUT2D eigenvalue weighted by molar-refractivity contribution is 6.09. The van der Waals surface area contributed by atoms with Crippen molar-refractivity contribution in [2.75, 3.05) is 43.5 Å². The number of carbonyl (C=O) groups excluding carboxylic acids is 2. The Morgan fingerprint density at radius 2 is 1.78 bits per heavy atom. The molecule has 0 radical (unpaired) electrons. The first-order valence-corrected chi connectivity index (χ1v) is 12.0. The number of nitrogens with zero attached hydrogens (tertiary/aromatic N) is 2. The van der Waals surface area contributed by atoms with Crippen LogP contribution in [0.25, 0.3) is 6.08 Å². The van der Waals surface area contributed by atoms with Crippen LogP contribution in [0.5, 0.6) is 11.5 Å². The molecule has 5 rings (SSSR count).